The van der Waals surface area contributed by atoms with Crippen LogP contribution in [0.5, 0.6) is 0 Å². The van der Waals surface area contributed by atoms with Gasteiger partial charge >= 0.3 is 0 Å². The highest BCUT2D eigenvalue weighted by Crippen LogP contribution is 2.23. The third kappa shape index (κ3) is 2.44. The van der Waals surface area contributed by atoms with Gasteiger partial charge in [0.25, 0.3) is 0 Å². The summed E-state index contributed by atoms with van der Waals surface area (Å²) >= 11 is 0. The molecule has 1 saturated heterocycles. The van der Waals surface area contributed by atoms with Crippen LogP contribution in [0.25, 0.3) is 0 Å². The van der Waals surface area contributed by atoms with Gasteiger partial charge in [-0.2, -0.15) is 0 Å². The molecule has 5 heteroatoms. The topological polar surface area (TPSA) is 49.3 Å². The van der Waals surface area contributed by atoms with E-state index in [-0.39, 0.29) is 11.9 Å². The van der Waals surface area contributed by atoms with Gasteiger partial charge in [-0.15, -0.1) is 0 Å². The first-order valence-corrected chi connectivity index (χ1v) is 6.60. The standard InChI is InChI=1S/C13H20N4O/c1-3-16(4-2)12(18)11-7-5-10-17(11)13-14-8-6-9-15-13/h6,8-9,11H,3-5,7,10H2,1-2H3. The van der Waals surface area contributed by atoms with Gasteiger partial charge in [-0.1, -0.05) is 0 Å². The lowest BCUT2D eigenvalue weighted by atomic mass is 10.2. The van der Waals surface area contributed by atoms with Gasteiger partial charge in [-0.3, -0.25) is 4.79 Å². The molecule has 0 spiro atoms. The second-order valence-corrected chi connectivity index (χ2v) is 4.41. The molecule has 0 N–H and O–H groups in total. The molecule has 1 fully saturated rings. The van der Waals surface area contributed by atoms with Gasteiger partial charge in [-0.25, -0.2) is 9.97 Å². The highest BCUT2D eigenvalue weighted by Gasteiger charge is 2.34. The van der Waals surface area contributed by atoms with Crippen molar-refractivity contribution < 1.29 is 4.79 Å². The fraction of sp³-hybridized carbons (Fsp3) is 0.615. The van der Waals surface area contributed by atoms with E-state index in [0.29, 0.717) is 5.95 Å². The molecule has 1 aromatic rings. The molecule has 98 valence electrons. The van der Waals surface area contributed by atoms with Crippen LogP contribution in [0.3, 0.4) is 0 Å². The van der Waals surface area contributed by atoms with E-state index in [0.717, 1.165) is 32.5 Å². The predicted molar refractivity (Wildman–Crippen MR) is 70.3 cm³/mol. The summed E-state index contributed by atoms with van der Waals surface area (Å²) in [7, 11) is 0. The fourth-order valence-electron chi connectivity index (χ4n) is 2.45. The minimum absolute atomic E-state index is 0.0905. The summed E-state index contributed by atoms with van der Waals surface area (Å²) in [4.78, 5) is 24.8. The van der Waals surface area contributed by atoms with Crippen LogP contribution in [-0.2, 0) is 4.79 Å². The molecule has 1 aliphatic heterocycles. The molecule has 1 aromatic heterocycles. The summed E-state index contributed by atoms with van der Waals surface area (Å²) in [6.07, 6.45) is 5.36. The summed E-state index contributed by atoms with van der Waals surface area (Å²) in [5.41, 5.74) is 0. The van der Waals surface area contributed by atoms with Gasteiger partial charge in [0.05, 0.1) is 0 Å². The second kappa shape index (κ2) is 5.80. The predicted octanol–water partition coefficient (Wildman–Crippen LogP) is 1.31. The smallest absolute Gasteiger partial charge is 0.245 e. The van der Waals surface area contributed by atoms with E-state index in [9.17, 15) is 4.79 Å². The Morgan fingerprint density at radius 2 is 2.06 bits per heavy atom. The number of carbonyl (C=O) groups excluding carboxylic acids is 1. The van der Waals surface area contributed by atoms with Crippen molar-refractivity contribution in [1.82, 2.24) is 14.9 Å². The monoisotopic (exact) mass is 248 g/mol. The fourth-order valence-corrected chi connectivity index (χ4v) is 2.45. The number of hydrogen-bond donors (Lipinski definition) is 0. The molecule has 0 aliphatic carbocycles. The van der Waals surface area contributed by atoms with E-state index in [1.54, 1.807) is 18.5 Å². The summed E-state index contributed by atoms with van der Waals surface area (Å²) in [5.74, 6) is 0.866. The molecule has 0 radical (unpaired) electrons. The normalized spacial score (nSPS) is 19.0. The Morgan fingerprint density at radius 3 is 2.67 bits per heavy atom. The number of hydrogen-bond acceptors (Lipinski definition) is 4. The first-order valence-electron chi connectivity index (χ1n) is 6.60. The van der Waals surface area contributed by atoms with Crippen molar-refractivity contribution >= 4 is 11.9 Å². The molecule has 1 atom stereocenters. The van der Waals surface area contributed by atoms with Gasteiger partial charge in [0.1, 0.15) is 6.04 Å². The van der Waals surface area contributed by atoms with E-state index in [2.05, 4.69) is 9.97 Å². The van der Waals surface area contributed by atoms with Crippen molar-refractivity contribution in [2.24, 2.45) is 0 Å². The van der Waals surface area contributed by atoms with E-state index in [4.69, 9.17) is 0 Å². The Kier molecular flexibility index (Phi) is 4.12. The van der Waals surface area contributed by atoms with Crippen molar-refractivity contribution in [3.05, 3.63) is 18.5 Å². The number of rotatable bonds is 4. The molecule has 0 bridgehead atoms. The Morgan fingerprint density at radius 1 is 1.39 bits per heavy atom. The third-order valence-corrected chi connectivity index (χ3v) is 3.42. The van der Waals surface area contributed by atoms with Gasteiger partial charge < -0.3 is 9.80 Å². The number of likely N-dealkylation sites (N-methyl/N-ethyl adjacent to an activating group) is 1. The molecule has 0 saturated carbocycles. The molecular weight excluding hydrogens is 228 g/mol. The van der Waals surface area contributed by atoms with Crippen molar-refractivity contribution in [2.45, 2.75) is 32.7 Å². The van der Waals surface area contributed by atoms with E-state index < -0.39 is 0 Å². The van der Waals surface area contributed by atoms with Crippen LogP contribution < -0.4 is 4.90 Å². The van der Waals surface area contributed by atoms with Crippen molar-refractivity contribution in [2.75, 3.05) is 24.5 Å². The SMILES string of the molecule is CCN(CC)C(=O)C1CCCN1c1ncccn1. The second-order valence-electron chi connectivity index (χ2n) is 4.41. The van der Waals surface area contributed by atoms with Gasteiger partial charge in [0, 0.05) is 32.0 Å². The van der Waals surface area contributed by atoms with Crippen LogP contribution in [0.4, 0.5) is 5.95 Å². The first kappa shape index (κ1) is 12.8. The Bertz CT molecular complexity index is 391. The maximum absolute atomic E-state index is 12.4. The molecule has 1 unspecified atom stereocenters. The number of carbonyl (C=O) groups is 1. The lowest BCUT2D eigenvalue weighted by molar-refractivity contribution is -0.132. The van der Waals surface area contributed by atoms with Crippen LogP contribution in [-0.4, -0.2) is 46.5 Å². The average Bonchev–Trinajstić information content (AvgIpc) is 2.90. The maximum atomic E-state index is 12.4. The first-order chi connectivity index (χ1) is 8.77. The van der Waals surface area contributed by atoms with Crippen LogP contribution in [0.2, 0.25) is 0 Å². The van der Waals surface area contributed by atoms with Crippen LogP contribution in [0, 0.1) is 0 Å². The summed E-state index contributed by atoms with van der Waals surface area (Å²) in [6, 6.07) is 1.70. The van der Waals surface area contributed by atoms with Gasteiger partial charge in [0.15, 0.2) is 0 Å². The largest absolute Gasteiger partial charge is 0.341 e. The average molecular weight is 248 g/mol. The molecule has 1 aliphatic rings. The van der Waals surface area contributed by atoms with Gasteiger partial charge in [-0.05, 0) is 32.8 Å². The number of anilines is 1. The molecule has 2 heterocycles. The van der Waals surface area contributed by atoms with Crippen LogP contribution >= 0.6 is 0 Å². The lowest BCUT2D eigenvalue weighted by Gasteiger charge is -2.28. The van der Waals surface area contributed by atoms with E-state index in [1.807, 2.05) is 23.6 Å². The highest BCUT2D eigenvalue weighted by atomic mass is 16.2. The Labute approximate surface area is 108 Å². The molecule has 0 aromatic carbocycles. The number of amides is 1. The van der Waals surface area contributed by atoms with Crippen LogP contribution in [0.1, 0.15) is 26.7 Å². The summed E-state index contributed by atoms with van der Waals surface area (Å²) in [6.45, 7) is 6.41. The van der Waals surface area contributed by atoms with Crippen molar-refractivity contribution in [3.63, 3.8) is 0 Å². The van der Waals surface area contributed by atoms with E-state index in [1.165, 1.54) is 0 Å². The van der Waals surface area contributed by atoms with Crippen molar-refractivity contribution in [1.29, 1.82) is 0 Å². The number of nitrogens with zero attached hydrogens (tertiary/aromatic N) is 4. The number of aromatic nitrogens is 2. The maximum Gasteiger partial charge on any atom is 0.245 e. The molecule has 1 amide bonds. The highest BCUT2D eigenvalue weighted by molar-refractivity contribution is 5.85. The zero-order valence-corrected chi connectivity index (χ0v) is 11.0. The third-order valence-electron chi connectivity index (χ3n) is 3.42. The minimum Gasteiger partial charge on any atom is -0.341 e. The lowest BCUT2D eigenvalue weighted by Crippen LogP contribution is -2.46. The quantitative estimate of drug-likeness (QED) is 0.806. The zero-order valence-electron chi connectivity index (χ0n) is 11.0. The van der Waals surface area contributed by atoms with Crippen LogP contribution in [0.15, 0.2) is 18.5 Å². The van der Waals surface area contributed by atoms with Gasteiger partial charge in [0.2, 0.25) is 11.9 Å². The molecule has 2 rings (SSSR count). The zero-order chi connectivity index (χ0) is 13.0. The molecule has 18 heavy (non-hydrogen) atoms. The molecular formula is C13H20N4O. The minimum atomic E-state index is -0.0905. The summed E-state index contributed by atoms with van der Waals surface area (Å²) < 4.78 is 0. The Balaban J connectivity index is 2.15. The summed E-state index contributed by atoms with van der Waals surface area (Å²) in [5, 5.41) is 0. The molecule has 5 nitrogen and oxygen atoms in total. The van der Waals surface area contributed by atoms with Crippen molar-refractivity contribution in [3.8, 4) is 0 Å². The van der Waals surface area contributed by atoms with E-state index >= 15 is 0 Å². The Hall–Kier alpha value is -1.65.